The van der Waals surface area contributed by atoms with Crippen LogP contribution in [-0.4, -0.2) is 16.7 Å². The molecule has 0 aliphatic carbocycles. The van der Waals surface area contributed by atoms with Gasteiger partial charge in [0.05, 0.1) is 13.7 Å². The topological polar surface area (TPSA) is 44.1 Å². The van der Waals surface area contributed by atoms with Crippen molar-refractivity contribution in [2.24, 2.45) is 0 Å². The summed E-state index contributed by atoms with van der Waals surface area (Å²) >= 11 is 0. The Morgan fingerprint density at radius 3 is 2.75 bits per heavy atom. The summed E-state index contributed by atoms with van der Waals surface area (Å²) in [6.45, 7) is 0.636. The zero-order valence-electron chi connectivity index (χ0n) is 8.96. The van der Waals surface area contributed by atoms with Gasteiger partial charge in [0.25, 0.3) is 0 Å². The molecule has 2 rings (SSSR count). The number of hydrogen-bond donors (Lipinski definition) is 0. The van der Waals surface area contributed by atoms with Gasteiger partial charge < -0.3 is 9.30 Å². The van der Waals surface area contributed by atoms with E-state index in [0.717, 1.165) is 5.56 Å². The molecule has 2 aromatic heterocycles. The van der Waals surface area contributed by atoms with Crippen LogP contribution in [0.1, 0.15) is 5.56 Å². The van der Waals surface area contributed by atoms with Gasteiger partial charge in [-0.25, -0.2) is 4.98 Å². The summed E-state index contributed by atoms with van der Waals surface area (Å²) in [5.41, 5.74) is 0.989. The highest BCUT2D eigenvalue weighted by molar-refractivity contribution is 5.25. The molecule has 0 unspecified atom stereocenters. The van der Waals surface area contributed by atoms with E-state index >= 15 is 0 Å². The lowest BCUT2D eigenvalue weighted by Gasteiger charge is -2.08. The minimum atomic E-state index is 0.00871. The molecule has 0 radical (unpaired) electrons. The second-order valence-corrected chi connectivity index (χ2v) is 3.38. The van der Waals surface area contributed by atoms with Crippen molar-refractivity contribution in [3.63, 3.8) is 0 Å². The molecule has 0 saturated carbocycles. The Morgan fingerprint density at radius 1 is 1.31 bits per heavy atom. The standard InChI is InChI=1S/C12H12N2O2/c1-16-12-10(3-2-6-13-12)9-14-7-4-11(15)5-8-14/h2-8H,9H2,1H3. The third-order valence-electron chi connectivity index (χ3n) is 2.26. The van der Waals surface area contributed by atoms with Crippen LogP contribution in [0.25, 0.3) is 0 Å². The number of pyridine rings is 2. The SMILES string of the molecule is COc1ncccc1Cn1ccc(=O)cc1. The van der Waals surface area contributed by atoms with Crippen LogP contribution in [0.5, 0.6) is 5.88 Å². The zero-order valence-corrected chi connectivity index (χ0v) is 8.96. The van der Waals surface area contributed by atoms with Crippen molar-refractivity contribution in [3.8, 4) is 5.88 Å². The number of methoxy groups -OCH3 is 1. The minimum Gasteiger partial charge on any atom is -0.481 e. The lowest BCUT2D eigenvalue weighted by atomic mass is 10.2. The molecule has 2 aromatic rings. The number of aromatic nitrogens is 2. The molecule has 0 amide bonds. The molecule has 0 aliphatic rings. The van der Waals surface area contributed by atoms with Crippen LogP contribution in [0.2, 0.25) is 0 Å². The van der Waals surface area contributed by atoms with Gasteiger partial charge in [-0.3, -0.25) is 4.79 Å². The Kier molecular flexibility index (Phi) is 3.00. The molecule has 0 spiro atoms. The van der Waals surface area contributed by atoms with E-state index in [4.69, 9.17) is 4.74 Å². The van der Waals surface area contributed by atoms with Crippen LogP contribution in [0, 0.1) is 0 Å². The Labute approximate surface area is 93.1 Å². The van der Waals surface area contributed by atoms with Crippen molar-refractivity contribution >= 4 is 0 Å². The molecule has 2 heterocycles. The van der Waals surface area contributed by atoms with Crippen molar-refractivity contribution in [3.05, 3.63) is 58.6 Å². The maximum absolute atomic E-state index is 10.9. The van der Waals surface area contributed by atoms with Gasteiger partial charge in [-0.15, -0.1) is 0 Å². The summed E-state index contributed by atoms with van der Waals surface area (Å²) in [6, 6.07) is 6.87. The summed E-state index contributed by atoms with van der Waals surface area (Å²) in [5.74, 6) is 0.612. The summed E-state index contributed by atoms with van der Waals surface area (Å²) in [5, 5.41) is 0. The van der Waals surface area contributed by atoms with Crippen LogP contribution in [-0.2, 0) is 6.54 Å². The van der Waals surface area contributed by atoms with Gasteiger partial charge in [-0.2, -0.15) is 0 Å². The highest BCUT2D eigenvalue weighted by Crippen LogP contribution is 2.14. The van der Waals surface area contributed by atoms with E-state index in [1.807, 2.05) is 16.7 Å². The fraction of sp³-hybridized carbons (Fsp3) is 0.167. The first kappa shape index (κ1) is 10.4. The Morgan fingerprint density at radius 2 is 2.06 bits per heavy atom. The van der Waals surface area contributed by atoms with Gasteiger partial charge in [0.1, 0.15) is 0 Å². The van der Waals surface area contributed by atoms with Gasteiger partial charge in [0, 0.05) is 36.3 Å². The summed E-state index contributed by atoms with van der Waals surface area (Å²) in [7, 11) is 1.59. The van der Waals surface area contributed by atoms with Crippen LogP contribution in [0.3, 0.4) is 0 Å². The second-order valence-electron chi connectivity index (χ2n) is 3.38. The van der Waals surface area contributed by atoms with E-state index in [-0.39, 0.29) is 5.43 Å². The molecule has 0 fully saturated rings. The molecular weight excluding hydrogens is 204 g/mol. The molecule has 0 atom stereocenters. The first-order valence-corrected chi connectivity index (χ1v) is 4.93. The van der Waals surface area contributed by atoms with Crippen LogP contribution < -0.4 is 10.2 Å². The molecule has 82 valence electrons. The van der Waals surface area contributed by atoms with Crippen molar-refractivity contribution in [1.82, 2.24) is 9.55 Å². The smallest absolute Gasteiger partial charge is 0.218 e. The van der Waals surface area contributed by atoms with Crippen molar-refractivity contribution in [2.45, 2.75) is 6.54 Å². The summed E-state index contributed by atoms with van der Waals surface area (Å²) in [6.07, 6.45) is 5.18. The highest BCUT2D eigenvalue weighted by atomic mass is 16.5. The second kappa shape index (κ2) is 4.61. The van der Waals surface area contributed by atoms with Crippen LogP contribution >= 0.6 is 0 Å². The Bertz CT molecular complexity index is 514. The normalized spacial score (nSPS) is 10.1. The molecule has 16 heavy (non-hydrogen) atoms. The van der Waals surface area contributed by atoms with E-state index in [1.54, 1.807) is 25.7 Å². The maximum atomic E-state index is 10.9. The monoisotopic (exact) mass is 216 g/mol. The Balaban J connectivity index is 2.26. The lowest BCUT2D eigenvalue weighted by molar-refractivity contribution is 0.391. The summed E-state index contributed by atoms with van der Waals surface area (Å²) < 4.78 is 7.06. The van der Waals surface area contributed by atoms with Crippen molar-refractivity contribution in [2.75, 3.05) is 7.11 Å². The van der Waals surface area contributed by atoms with Gasteiger partial charge in [0.15, 0.2) is 5.43 Å². The van der Waals surface area contributed by atoms with Gasteiger partial charge >= 0.3 is 0 Å². The molecule has 4 heteroatoms. The van der Waals surface area contributed by atoms with E-state index in [1.165, 1.54) is 12.1 Å². The largest absolute Gasteiger partial charge is 0.481 e. The number of rotatable bonds is 3. The van der Waals surface area contributed by atoms with E-state index in [9.17, 15) is 4.79 Å². The van der Waals surface area contributed by atoms with E-state index in [2.05, 4.69) is 4.98 Å². The fourth-order valence-corrected chi connectivity index (χ4v) is 1.47. The van der Waals surface area contributed by atoms with Crippen molar-refractivity contribution in [1.29, 1.82) is 0 Å². The molecule has 0 bridgehead atoms. The predicted molar refractivity (Wildman–Crippen MR) is 60.6 cm³/mol. The quantitative estimate of drug-likeness (QED) is 0.776. The lowest BCUT2D eigenvalue weighted by Crippen LogP contribution is -2.06. The minimum absolute atomic E-state index is 0.00871. The predicted octanol–water partition coefficient (Wildman–Crippen LogP) is 1.30. The maximum Gasteiger partial charge on any atom is 0.218 e. The third kappa shape index (κ3) is 2.28. The average molecular weight is 216 g/mol. The average Bonchev–Trinajstić information content (AvgIpc) is 2.33. The van der Waals surface area contributed by atoms with E-state index in [0.29, 0.717) is 12.4 Å². The highest BCUT2D eigenvalue weighted by Gasteiger charge is 2.02. The van der Waals surface area contributed by atoms with Crippen LogP contribution in [0.15, 0.2) is 47.7 Å². The third-order valence-corrected chi connectivity index (χ3v) is 2.26. The molecular formula is C12H12N2O2. The van der Waals surface area contributed by atoms with Gasteiger partial charge in [0.2, 0.25) is 5.88 Å². The molecule has 4 nitrogen and oxygen atoms in total. The first-order chi connectivity index (χ1) is 7.79. The fourth-order valence-electron chi connectivity index (χ4n) is 1.47. The number of ether oxygens (including phenoxy) is 1. The molecule has 0 aromatic carbocycles. The number of hydrogen-bond acceptors (Lipinski definition) is 3. The zero-order chi connectivity index (χ0) is 11.4. The van der Waals surface area contributed by atoms with E-state index < -0.39 is 0 Å². The first-order valence-electron chi connectivity index (χ1n) is 4.93. The molecule has 0 saturated heterocycles. The van der Waals surface area contributed by atoms with Gasteiger partial charge in [-0.1, -0.05) is 6.07 Å². The van der Waals surface area contributed by atoms with Crippen molar-refractivity contribution < 1.29 is 4.74 Å². The number of nitrogens with zero attached hydrogens (tertiary/aromatic N) is 2. The summed E-state index contributed by atoms with van der Waals surface area (Å²) in [4.78, 5) is 15.1. The Hall–Kier alpha value is -2.10. The van der Waals surface area contributed by atoms with Crippen LogP contribution in [0.4, 0.5) is 0 Å². The van der Waals surface area contributed by atoms with Gasteiger partial charge in [-0.05, 0) is 6.07 Å². The molecule has 0 aliphatic heterocycles. The molecule has 0 N–H and O–H groups in total.